The van der Waals surface area contributed by atoms with Crippen LogP contribution in [0.25, 0.3) is 12.2 Å². The van der Waals surface area contributed by atoms with Crippen molar-refractivity contribution in [2.75, 3.05) is 0 Å². The first-order chi connectivity index (χ1) is 7.38. The van der Waals surface area contributed by atoms with Crippen molar-refractivity contribution in [1.82, 2.24) is 0 Å². The van der Waals surface area contributed by atoms with Crippen LogP contribution in [0.5, 0.6) is 0 Å². The number of hydrogen-bond acceptors (Lipinski definition) is 2. The molecule has 1 aromatic heterocycles. The molecule has 1 heterocycles. The molecule has 2 heteroatoms. The first-order valence-corrected chi connectivity index (χ1v) is 5.63. The molecule has 15 heavy (non-hydrogen) atoms. The molecule has 0 amide bonds. The predicted octanol–water partition coefficient (Wildman–Crippen LogP) is 3.41. The molecule has 2 rings (SSSR count). The molecule has 76 valence electrons. The lowest BCUT2D eigenvalue weighted by Crippen LogP contribution is -1.70. The molecule has 1 nitrogen and oxygen atoms in total. The fourth-order valence-electron chi connectivity index (χ4n) is 1.31. The van der Waals surface area contributed by atoms with Crippen LogP contribution in [0.15, 0.2) is 42.5 Å². The molecule has 0 aliphatic heterocycles. The number of thiophene rings is 1. The van der Waals surface area contributed by atoms with Gasteiger partial charge in [0.25, 0.3) is 0 Å². The Balaban J connectivity index is 2.11. The molecule has 0 spiro atoms. The number of rotatable bonds is 3. The van der Waals surface area contributed by atoms with Crippen molar-refractivity contribution in [1.29, 1.82) is 0 Å². The third-order valence-corrected chi connectivity index (χ3v) is 3.11. The quantitative estimate of drug-likeness (QED) is 0.833. The minimum Gasteiger partial charge on any atom is -0.391 e. The van der Waals surface area contributed by atoms with Gasteiger partial charge in [-0.3, -0.25) is 0 Å². The number of aliphatic hydroxyl groups excluding tert-OH is 1. The van der Waals surface area contributed by atoms with E-state index in [1.807, 2.05) is 30.3 Å². The number of aliphatic hydroxyl groups is 1. The minimum atomic E-state index is 0.129. The van der Waals surface area contributed by atoms with E-state index in [-0.39, 0.29) is 6.61 Å². The Morgan fingerprint density at radius 1 is 1.00 bits per heavy atom. The number of benzene rings is 1. The second kappa shape index (κ2) is 4.91. The van der Waals surface area contributed by atoms with Crippen LogP contribution in [0.2, 0.25) is 0 Å². The van der Waals surface area contributed by atoms with Crippen LogP contribution in [-0.2, 0) is 6.61 Å². The summed E-state index contributed by atoms with van der Waals surface area (Å²) in [6.45, 7) is 0.129. The van der Waals surface area contributed by atoms with E-state index in [2.05, 4.69) is 24.3 Å². The van der Waals surface area contributed by atoms with Gasteiger partial charge in [0.1, 0.15) is 0 Å². The molecule has 2 aromatic rings. The second-order valence-electron chi connectivity index (χ2n) is 3.21. The van der Waals surface area contributed by atoms with Crippen molar-refractivity contribution in [3.05, 3.63) is 57.8 Å². The smallest absolute Gasteiger partial charge is 0.0774 e. The van der Waals surface area contributed by atoms with Gasteiger partial charge in [0.15, 0.2) is 0 Å². The Bertz CT molecular complexity index is 443. The van der Waals surface area contributed by atoms with E-state index >= 15 is 0 Å². The van der Waals surface area contributed by atoms with Gasteiger partial charge < -0.3 is 5.11 Å². The van der Waals surface area contributed by atoms with E-state index in [0.29, 0.717) is 0 Å². The van der Waals surface area contributed by atoms with Gasteiger partial charge in [-0.1, -0.05) is 36.4 Å². The lowest BCUT2D eigenvalue weighted by Gasteiger charge is -1.90. The van der Waals surface area contributed by atoms with Crippen LogP contribution in [0.1, 0.15) is 15.3 Å². The largest absolute Gasteiger partial charge is 0.391 e. The standard InChI is InChI=1S/C13H12OS/c14-10-13-9-8-12(15-13)7-6-11-4-2-1-3-5-11/h1-9,14H,10H2/b7-6+. The van der Waals surface area contributed by atoms with Gasteiger partial charge in [-0.15, -0.1) is 11.3 Å². The molecule has 0 saturated heterocycles. The van der Waals surface area contributed by atoms with Crippen LogP contribution in [-0.4, -0.2) is 5.11 Å². The third kappa shape index (κ3) is 2.78. The predicted molar refractivity (Wildman–Crippen MR) is 65.6 cm³/mol. The van der Waals surface area contributed by atoms with Gasteiger partial charge in [-0.2, -0.15) is 0 Å². The van der Waals surface area contributed by atoms with E-state index in [1.165, 1.54) is 10.4 Å². The van der Waals surface area contributed by atoms with Gasteiger partial charge in [0.2, 0.25) is 0 Å². The van der Waals surface area contributed by atoms with Crippen molar-refractivity contribution in [3.8, 4) is 0 Å². The van der Waals surface area contributed by atoms with Crippen LogP contribution >= 0.6 is 11.3 Å². The molecule has 0 bridgehead atoms. The lowest BCUT2D eigenvalue weighted by atomic mass is 10.2. The third-order valence-electron chi connectivity index (χ3n) is 2.08. The maximum absolute atomic E-state index is 8.92. The van der Waals surface area contributed by atoms with Gasteiger partial charge in [-0.25, -0.2) is 0 Å². The fraction of sp³-hybridized carbons (Fsp3) is 0.0769. The first-order valence-electron chi connectivity index (χ1n) is 4.81. The van der Waals surface area contributed by atoms with Crippen LogP contribution < -0.4 is 0 Å². The topological polar surface area (TPSA) is 20.2 Å². The molecule has 1 aromatic carbocycles. The van der Waals surface area contributed by atoms with Gasteiger partial charge >= 0.3 is 0 Å². The van der Waals surface area contributed by atoms with E-state index in [0.717, 1.165) is 4.88 Å². The lowest BCUT2D eigenvalue weighted by molar-refractivity contribution is 0.285. The zero-order chi connectivity index (χ0) is 10.5. The summed E-state index contributed by atoms with van der Waals surface area (Å²) < 4.78 is 0. The zero-order valence-electron chi connectivity index (χ0n) is 8.26. The van der Waals surface area contributed by atoms with Crippen molar-refractivity contribution < 1.29 is 5.11 Å². The number of hydrogen-bond donors (Lipinski definition) is 1. The normalized spacial score (nSPS) is 11.0. The highest BCUT2D eigenvalue weighted by Crippen LogP contribution is 2.18. The maximum atomic E-state index is 8.92. The van der Waals surface area contributed by atoms with Gasteiger partial charge in [0.05, 0.1) is 6.61 Å². The van der Waals surface area contributed by atoms with E-state index in [9.17, 15) is 0 Å². The summed E-state index contributed by atoms with van der Waals surface area (Å²) in [7, 11) is 0. The SMILES string of the molecule is OCc1ccc(/C=C/c2ccccc2)s1. The molecule has 0 radical (unpaired) electrons. The van der Waals surface area contributed by atoms with Gasteiger partial charge in [0, 0.05) is 9.75 Å². The minimum absolute atomic E-state index is 0.129. The highest BCUT2D eigenvalue weighted by atomic mass is 32.1. The van der Waals surface area contributed by atoms with E-state index in [4.69, 9.17) is 5.11 Å². The summed E-state index contributed by atoms with van der Waals surface area (Å²) >= 11 is 1.62. The summed E-state index contributed by atoms with van der Waals surface area (Å²) in [5.41, 5.74) is 1.19. The van der Waals surface area contributed by atoms with Crippen molar-refractivity contribution in [3.63, 3.8) is 0 Å². The molecular formula is C13H12OS. The Morgan fingerprint density at radius 3 is 2.47 bits per heavy atom. The molecule has 1 N–H and O–H groups in total. The molecule has 0 aliphatic carbocycles. The summed E-state index contributed by atoms with van der Waals surface area (Å²) in [4.78, 5) is 2.17. The summed E-state index contributed by atoms with van der Waals surface area (Å²) in [6.07, 6.45) is 4.14. The van der Waals surface area contributed by atoms with Gasteiger partial charge in [-0.05, 0) is 23.8 Å². The highest BCUT2D eigenvalue weighted by Gasteiger charge is 1.94. The molecule has 0 saturated carbocycles. The molecule has 0 atom stereocenters. The summed E-state index contributed by atoms with van der Waals surface area (Å²) in [5.74, 6) is 0. The van der Waals surface area contributed by atoms with Crippen LogP contribution in [0, 0.1) is 0 Å². The molecule has 0 unspecified atom stereocenters. The van der Waals surface area contributed by atoms with E-state index in [1.54, 1.807) is 11.3 Å². The average molecular weight is 216 g/mol. The Morgan fingerprint density at radius 2 is 1.80 bits per heavy atom. The fourth-order valence-corrected chi connectivity index (χ4v) is 2.09. The van der Waals surface area contributed by atoms with Crippen LogP contribution in [0.4, 0.5) is 0 Å². The van der Waals surface area contributed by atoms with Crippen molar-refractivity contribution >= 4 is 23.5 Å². The highest BCUT2D eigenvalue weighted by molar-refractivity contribution is 7.12. The average Bonchev–Trinajstić information content (AvgIpc) is 2.76. The maximum Gasteiger partial charge on any atom is 0.0774 e. The van der Waals surface area contributed by atoms with Crippen LogP contribution in [0.3, 0.4) is 0 Å². The molecule has 0 aliphatic rings. The molecule has 0 fully saturated rings. The monoisotopic (exact) mass is 216 g/mol. The molecular weight excluding hydrogens is 204 g/mol. The second-order valence-corrected chi connectivity index (χ2v) is 4.41. The summed E-state index contributed by atoms with van der Waals surface area (Å²) in [5, 5.41) is 8.92. The van der Waals surface area contributed by atoms with Crippen molar-refractivity contribution in [2.45, 2.75) is 6.61 Å². The van der Waals surface area contributed by atoms with Crippen molar-refractivity contribution in [2.24, 2.45) is 0 Å². The Kier molecular flexibility index (Phi) is 3.33. The Labute approximate surface area is 93.3 Å². The van der Waals surface area contributed by atoms with E-state index < -0.39 is 0 Å². The zero-order valence-corrected chi connectivity index (χ0v) is 9.08. The Hall–Kier alpha value is -1.38. The summed E-state index contributed by atoms with van der Waals surface area (Å²) in [6, 6.07) is 14.2. The first kappa shape index (κ1) is 10.1.